The third-order valence-electron chi connectivity index (χ3n) is 4.52. The molecule has 0 saturated carbocycles. The van der Waals surface area contributed by atoms with Crippen LogP contribution >= 0.6 is 11.6 Å². The molecule has 2 atom stereocenters. The molecule has 122 valence electrons. The molecule has 1 saturated heterocycles. The second kappa shape index (κ2) is 6.34. The highest BCUT2D eigenvalue weighted by molar-refractivity contribution is 6.30. The maximum absolute atomic E-state index is 12.2. The number of rotatable bonds is 4. The van der Waals surface area contributed by atoms with Gasteiger partial charge in [-0.3, -0.25) is 4.79 Å². The highest BCUT2D eigenvalue weighted by atomic mass is 35.5. The second-order valence-corrected chi connectivity index (χ2v) is 6.43. The number of nitrogens with one attached hydrogen (secondary N) is 1. The molecule has 1 aromatic carbocycles. The van der Waals surface area contributed by atoms with Crippen LogP contribution in [0.2, 0.25) is 5.02 Å². The molecule has 1 aromatic heterocycles. The van der Waals surface area contributed by atoms with Crippen LogP contribution in [-0.4, -0.2) is 29.1 Å². The van der Waals surface area contributed by atoms with Crippen molar-refractivity contribution in [2.75, 3.05) is 7.05 Å². The van der Waals surface area contributed by atoms with Crippen molar-refractivity contribution in [3.8, 4) is 0 Å². The molecule has 3 rings (SSSR count). The summed E-state index contributed by atoms with van der Waals surface area (Å²) in [5.41, 5.74) is 3.02. The molecule has 1 aliphatic rings. The summed E-state index contributed by atoms with van der Waals surface area (Å²) in [7, 11) is 1.85. The topological polar surface area (TPSA) is 58.4 Å². The van der Waals surface area contributed by atoms with Crippen LogP contribution in [0.1, 0.15) is 35.0 Å². The second-order valence-electron chi connectivity index (χ2n) is 6.00. The molecule has 1 amide bonds. The zero-order valence-corrected chi connectivity index (χ0v) is 14.2. The fourth-order valence-corrected chi connectivity index (χ4v) is 3.28. The van der Waals surface area contributed by atoms with Gasteiger partial charge in [-0.1, -0.05) is 28.9 Å². The summed E-state index contributed by atoms with van der Waals surface area (Å²) in [6.07, 6.45) is 0.479. The van der Waals surface area contributed by atoms with Gasteiger partial charge in [-0.15, -0.1) is 0 Å². The number of benzene rings is 1. The van der Waals surface area contributed by atoms with E-state index in [4.69, 9.17) is 16.1 Å². The Morgan fingerprint density at radius 1 is 1.35 bits per heavy atom. The summed E-state index contributed by atoms with van der Waals surface area (Å²) in [5, 5.41) is 8.16. The number of carbonyl (C=O) groups excluding carboxylic acids is 1. The number of nitrogens with zero attached hydrogens (tertiary/aromatic N) is 2. The molecular weight excluding hydrogens is 314 g/mol. The predicted molar refractivity (Wildman–Crippen MR) is 88.2 cm³/mol. The van der Waals surface area contributed by atoms with Gasteiger partial charge in [0.2, 0.25) is 5.91 Å². The minimum Gasteiger partial charge on any atom is -0.361 e. The number of hydrogen-bond donors (Lipinski definition) is 1. The molecule has 0 radical (unpaired) electrons. The number of aryl methyl sites for hydroxylation is 2. The summed E-state index contributed by atoms with van der Waals surface area (Å²) in [6.45, 7) is 4.47. The summed E-state index contributed by atoms with van der Waals surface area (Å²) < 4.78 is 5.20. The Morgan fingerprint density at radius 3 is 2.65 bits per heavy atom. The van der Waals surface area contributed by atoms with Crippen LogP contribution < -0.4 is 5.32 Å². The van der Waals surface area contributed by atoms with E-state index in [9.17, 15) is 4.79 Å². The first kappa shape index (κ1) is 16.0. The van der Waals surface area contributed by atoms with Crippen LogP contribution in [-0.2, 0) is 11.3 Å². The summed E-state index contributed by atoms with van der Waals surface area (Å²) in [6, 6.07) is 7.72. The fraction of sp³-hybridized carbons (Fsp3) is 0.412. The molecule has 1 fully saturated rings. The largest absolute Gasteiger partial charge is 0.361 e. The molecule has 0 bridgehead atoms. The Hall–Kier alpha value is -1.85. The van der Waals surface area contributed by atoms with Crippen LogP contribution in [0, 0.1) is 13.8 Å². The summed E-state index contributed by atoms with van der Waals surface area (Å²) >= 11 is 5.97. The average Bonchev–Trinajstić information content (AvgIpc) is 2.99. The van der Waals surface area contributed by atoms with Gasteiger partial charge >= 0.3 is 0 Å². The first-order valence-electron chi connectivity index (χ1n) is 7.63. The third kappa shape index (κ3) is 3.12. The number of amides is 1. The lowest BCUT2D eigenvalue weighted by Crippen LogP contribution is -2.35. The average molecular weight is 334 g/mol. The van der Waals surface area contributed by atoms with E-state index in [0.717, 1.165) is 22.6 Å². The number of aromatic nitrogens is 1. The van der Waals surface area contributed by atoms with Crippen LogP contribution in [0.5, 0.6) is 0 Å². The van der Waals surface area contributed by atoms with E-state index in [1.165, 1.54) is 0 Å². The van der Waals surface area contributed by atoms with Crippen molar-refractivity contribution in [3.05, 3.63) is 51.9 Å². The van der Waals surface area contributed by atoms with Crippen molar-refractivity contribution >= 4 is 17.5 Å². The van der Waals surface area contributed by atoms with E-state index in [1.54, 1.807) is 4.90 Å². The Balaban J connectivity index is 1.79. The molecule has 6 heteroatoms. The van der Waals surface area contributed by atoms with Crippen LogP contribution in [0.25, 0.3) is 0 Å². The van der Waals surface area contributed by atoms with Gasteiger partial charge in [0.1, 0.15) is 5.76 Å². The van der Waals surface area contributed by atoms with E-state index < -0.39 is 0 Å². The molecule has 2 aromatic rings. The molecule has 5 nitrogen and oxygen atoms in total. The Morgan fingerprint density at radius 2 is 2.04 bits per heavy atom. The minimum atomic E-state index is 0.000221. The third-order valence-corrected chi connectivity index (χ3v) is 4.77. The van der Waals surface area contributed by atoms with Crippen LogP contribution in [0.3, 0.4) is 0 Å². The van der Waals surface area contributed by atoms with E-state index in [-0.39, 0.29) is 18.0 Å². The van der Waals surface area contributed by atoms with Crippen LogP contribution in [0.4, 0.5) is 0 Å². The lowest BCUT2D eigenvalue weighted by Gasteiger charge is -2.26. The van der Waals surface area contributed by atoms with Gasteiger partial charge in [0, 0.05) is 36.6 Å². The first-order valence-corrected chi connectivity index (χ1v) is 8.01. The summed E-state index contributed by atoms with van der Waals surface area (Å²) in [5.74, 6) is 0.955. The van der Waals surface area contributed by atoms with Gasteiger partial charge in [-0.25, -0.2) is 0 Å². The SMILES string of the molecule is Cc1noc(C)c1CN[C@@H]1CC(=O)N(C)[C@H]1c1ccc(Cl)cc1. The van der Waals surface area contributed by atoms with Gasteiger partial charge < -0.3 is 14.7 Å². The van der Waals surface area contributed by atoms with Gasteiger partial charge in [-0.05, 0) is 31.5 Å². The normalized spacial score (nSPS) is 21.2. The molecule has 1 N–H and O–H groups in total. The van der Waals surface area contributed by atoms with Crippen LogP contribution in [0.15, 0.2) is 28.8 Å². The highest BCUT2D eigenvalue weighted by Gasteiger charge is 2.38. The lowest BCUT2D eigenvalue weighted by atomic mass is 10.00. The minimum absolute atomic E-state index is 0.000221. The van der Waals surface area contributed by atoms with Gasteiger partial charge in [0.15, 0.2) is 0 Å². The van der Waals surface area contributed by atoms with Crippen molar-refractivity contribution in [1.82, 2.24) is 15.4 Å². The number of carbonyl (C=O) groups is 1. The van der Waals surface area contributed by atoms with Crippen molar-refractivity contribution in [3.63, 3.8) is 0 Å². The lowest BCUT2D eigenvalue weighted by molar-refractivity contribution is -0.127. The zero-order chi connectivity index (χ0) is 16.6. The van der Waals surface area contributed by atoms with E-state index in [2.05, 4.69) is 10.5 Å². The zero-order valence-electron chi connectivity index (χ0n) is 13.5. The summed E-state index contributed by atoms with van der Waals surface area (Å²) in [4.78, 5) is 14.0. The van der Waals surface area contributed by atoms with E-state index in [0.29, 0.717) is 18.0 Å². The fourth-order valence-electron chi connectivity index (χ4n) is 3.16. The maximum Gasteiger partial charge on any atom is 0.224 e. The Bertz CT molecular complexity index is 692. The van der Waals surface area contributed by atoms with E-state index >= 15 is 0 Å². The maximum atomic E-state index is 12.2. The van der Waals surface area contributed by atoms with Crippen molar-refractivity contribution < 1.29 is 9.32 Å². The van der Waals surface area contributed by atoms with Crippen molar-refractivity contribution in [2.45, 2.75) is 38.9 Å². The Labute approximate surface area is 140 Å². The molecule has 2 heterocycles. The van der Waals surface area contributed by atoms with Gasteiger partial charge in [-0.2, -0.15) is 0 Å². The number of hydrogen-bond acceptors (Lipinski definition) is 4. The molecule has 0 aliphatic carbocycles. The molecular formula is C17H20ClN3O2. The molecule has 0 unspecified atom stereocenters. The number of likely N-dealkylation sites (N-methyl/N-ethyl adjacent to an activating group) is 1. The standard InChI is InChI=1S/C17H20ClN3O2/c1-10-14(11(2)23-20-10)9-19-15-8-16(22)21(3)17(15)12-4-6-13(18)7-5-12/h4-7,15,17,19H,8-9H2,1-3H3/t15-,17+/m1/s1. The molecule has 23 heavy (non-hydrogen) atoms. The number of halogens is 1. The smallest absolute Gasteiger partial charge is 0.224 e. The number of likely N-dealkylation sites (tertiary alicyclic amines) is 1. The quantitative estimate of drug-likeness (QED) is 0.934. The van der Waals surface area contributed by atoms with E-state index in [1.807, 2.05) is 45.2 Å². The monoisotopic (exact) mass is 333 g/mol. The molecule has 1 aliphatic heterocycles. The van der Waals surface area contributed by atoms with Gasteiger partial charge in [0.05, 0.1) is 11.7 Å². The highest BCUT2D eigenvalue weighted by Crippen LogP contribution is 2.32. The first-order chi connectivity index (χ1) is 11.0. The van der Waals surface area contributed by atoms with Gasteiger partial charge in [0.25, 0.3) is 0 Å². The predicted octanol–water partition coefficient (Wildman–Crippen LogP) is 3.01. The molecule has 0 spiro atoms. The van der Waals surface area contributed by atoms with Crippen molar-refractivity contribution in [1.29, 1.82) is 0 Å². The van der Waals surface area contributed by atoms with Crippen molar-refractivity contribution in [2.24, 2.45) is 0 Å². The Kier molecular flexibility index (Phi) is 4.41.